The molecule has 0 aromatic heterocycles. The van der Waals surface area contributed by atoms with E-state index in [1.165, 1.54) is 0 Å². The molecule has 0 amide bonds. The van der Waals surface area contributed by atoms with Gasteiger partial charge in [-0.15, -0.1) is 0 Å². The summed E-state index contributed by atoms with van der Waals surface area (Å²) in [6.45, 7) is -0.183. The van der Waals surface area contributed by atoms with Gasteiger partial charge in [0.1, 0.15) is 5.75 Å². The molecule has 25 heavy (non-hydrogen) atoms. The molecule has 134 valence electrons. The molecule has 1 heterocycles. The summed E-state index contributed by atoms with van der Waals surface area (Å²) in [7, 11) is 1.58. The predicted molar refractivity (Wildman–Crippen MR) is 92.7 cm³/mol. The molecule has 3 nitrogen and oxygen atoms in total. The molecule has 0 unspecified atom stereocenters. The van der Waals surface area contributed by atoms with Crippen LogP contribution >= 0.6 is 0 Å². The first-order valence-electron chi connectivity index (χ1n) is 8.43. The van der Waals surface area contributed by atoms with E-state index >= 15 is 0 Å². The van der Waals surface area contributed by atoms with Gasteiger partial charge >= 0.3 is 0 Å². The van der Waals surface area contributed by atoms with E-state index < -0.39 is 11.8 Å². The van der Waals surface area contributed by atoms with Crippen LogP contribution in [0, 0.1) is 5.92 Å². The van der Waals surface area contributed by atoms with E-state index in [0.29, 0.717) is 12.3 Å². The van der Waals surface area contributed by atoms with Crippen LogP contribution in [0.4, 0.5) is 8.78 Å². The second-order valence-corrected chi connectivity index (χ2v) is 6.61. The Kier molecular flexibility index (Phi) is 5.35. The van der Waals surface area contributed by atoms with Crippen LogP contribution in [0.15, 0.2) is 54.6 Å². The summed E-state index contributed by atoms with van der Waals surface area (Å²) >= 11 is 0. The highest BCUT2D eigenvalue weighted by molar-refractivity contribution is 5.32. The van der Waals surface area contributed by atoms with E-state index in [4.69, 9.17) is 4.74 Å². The maximum atomic E-state index is 14.3. The molecule has 2 aromatic rings. The molecule has 1 aliphatic rings. The van der Waals surface area contributed by atoms with Crippen molar-refractivity contribution in [2.75, 3.05) is 20.3 Å². The monoisotopic (exact) mass is 347 g/mol. The molecule has 0 spiro atoms. The third-order valence-corrected chi connectivity index (χ3v) is 4.73. The van der Waals surface area contributed by atoms with Crippen LogP contribution in [0.1, 0.15) is 23.6 Å². The minimum absolute atomic E-state index is 0.275. The number of alkyl halides is 2. The first-order valence-corrected chi connectivity index (χ1v) is 8.43. The lowest BCUT2D eigenvalue weighted by Gasteiger charge is -2.44. The molecule has 2 aromatic carbocycles. The summed E-state index contributed by atoms with van der Waals surface area (Å²) in [6.07, 6.45) is -0.309. The first-order chi connectivity index (χ1) is 12.0. The topological polar surface area (TPSA) is 32.7 Å². The van der Waals surface area contributed by atoms with Crippen LogP contribution in [-0.4, -0.2) is 36.2 Å². The predicted octanol–water partition coefficient (Wildman–Crippen LogP) is 3.89. The lowest BCUT2D eigenvalue weighted by Crippen LogP contribution is -2.49. The quantitative estimate of drug-likeness (QED) is 0.891. The molecule has 0 saturated carbocycles. The van der Waals surface area contributed by atoms with Gasteiger partial charge in [-0.05, 0) is 23.3 Å². The third-order valence-electron chi connectivity index (χ3n) is 4.73. The van der Waals surface area contributed by atoms with Crippen molar-refractivity contribution >= 4 is 0 Å². The highest BCUT2D eigenvalue weighted by Crippen LogP contribution is 2.43. The number of hydrogen-bond acceptors (Lipinski definition) is 3. The van der Waals surface area contributed by atoms with Gasteiger partial charge in [-0.3, -0.25) is 4.90 Å². The average Bonchev–Trinajstić information content (AvgIpc) is 2.61. The Balaban J connectivity index is 1.96. The second kappa shape index (κ2) is 7.50. The van der Waals surface area contributed by atoms with E-state index in [1.807, 2.05) is 54.6 Å². The zero-order valence-corrected chi connectivity index (χ0v) is 14.2. The number of hydrogen-bond donors (Lipinski definition) is 1. The summed E-state index contributed by atoms with van der Waals surface area (Å²) in [4.78, 5) is 1.77. The molecule has 5 heteroatoms. The summed E-state index contributed by atoms with van der Waals surface area (Å²) < 4.78 is 33.8. The van der Waals surface area contributed by atoms with Crippen molar-refractivity contribution in [2.24, 2.45) is 5.92 Å². The number of aliphatic hydroxyl groups is 1. The highest BCUT2D eigenvalue weighted by atomic mass is 19.3. The Morgan fingerprint density at radius 2 is 1.92 bits per heavy atom. The molecule has 1 saturated heterocycles. The van der Waals surface area contributed by atoms with Gasteiger partial charge in [0.2, 0.25) is 0 Å². The van der Waals surface area contributed by atoms with Gasteiger partial charge < -0.3 is 9.84 Å². The fraction of sp³-hybridized carbons (Fsp3) is 0.400. The average molecular weight is 347 g/mol. The molecule has 1 N–H and O–H groups in total. The van der Waals surface area contributed by atoms with Gasteiger partial charge in [0, 0.05) is 31.5 Å². The Bertz CT molecular complexity index is 693. The summed E-state index contributed by atoms with van der Waals surface area (Å²) in [5.41, 5.74) is 1.87. The Hall–Kier alpha value is -1.98. The van der Waals surface area contributed by atoms with E-state index in [1.54, 1.807) is 12.0 Å². The van der Waals surface area contributed by atoms with Gasteiger partial charge in [0.15, 0.2) is 0 Å². The van der Waals surface area contributed by atoms with Gasteiger partial charge in [-0.25, -0.2) is 8.78 Å². The van der Waals surface area contributed by atoms with Crippen molar-refractivity contribution < 1.29 is 18.6 Å². The molecule has 0 aliphatic carbocycles. The maximum Gasteiger partial charge on any atom is 0.261 e. The number of ether oxygens (including phenoxy) is 1. The van der Waals surface area contributed by atoms with Crippen molar-refractivity contribution in [2.45, 2.75) is 24.9 Å². The van der Waals surface area contributed by atoms with Crippen LogP contribution in [0.2, 0.25) is 0 Å². The van der Waals surface area contributed by atoms with Crippen molar-refractivity contribution in [3.05, 3.63) is 65.7 Å². The van der Waals surface area contributed by atoms with Gasteiger partial charge in [0.05, 0.1) is 13.7 Å². The van der Waals surface area contributed by atoms with E-state index in [-0.39, 0.29) is 25.6 Å². The normalized spacial score (nSPS) is 23.4. The Morgan fingerprint density at radius 3 is 2.60 bits per heavy atom. The van der Waals surface area contributed by atoms with Gasteiger partial charge in [-0.1, -0.05) is 42.5 Å². The van der Waals surface area contributed by atoms with Crippen molar-refractivity contribution in [1.29, 1.82) is 0 Å². The number of benzene rings is 2. The SMILES string of the molecule is COc1cccc([C@@H]2[C@@H](CO)CC(F)(F)CN2Cc2ccccc2)c1. The molecular weight excluding hydrogens is 324 g/mol. The number of halogens is 2. The molecule has 1 fully saturated rings. The summed E-state index contributed by atoms with van der Waals surface area (Å²) in [5.74, 6) is -2.65. The van der Waals surface area contributed by atoms with Crippen molar-refractivity contribution in [3.63, 3.8) is 0 Å². The van der Waals surface area contributed by atoms with Crippen LogP contribution in [0.5, 0.6) is 5.75 Å². The zero-order valence-electron chi connectivity index (χ0n) is 14.2. The fourth-order valence-electron chi connectivity index (χ4n) is 3.70. The van der Waals surface area contributed by atoms with Crippen LogP contribution in [-0.2, 0) is 6.54 Å². The highest BCUT2D eigenvalue weighted by Gasteiger charge is 2.46. The van der Waals surface area contributed by atoms with Crippen molar-refractivity contribution in [3.8, 4) is 5.75 Å². The van der Waals surface area contributed by atoms with Crippen LogP contribution < -0.4 is 4.74 Å². The minimum atomic E-state index is -2.81. The third kappa shape index (κ3) is 4.17. The molecule has 0 bridgehead atoms. The second-order valence-electron chi connectivity index (χ2n) is 6.61. The fourth-order valence-corrected chi connectivity index (χ4v) is 3.70. The lowest BCUT2D eigenvalue weighted by molar-refractivity contribution is -0.120. The molecule has 1 aliphatic heterocycles. The van der Waals surface area contributed by atoms with Gasteiger partial charge in [0.25, 0.3) is 5.92 Å². The largest absolute Gasteiger partial charge is 0.497 e. The Labute approximate surface area is 146 Å². The first kappa shape index (κ1) is 17.8. The molecule has 0 radical (unpaired) electrons. The van der Waals surface area contributed by atoms with Gasteiger partial charge in [-0.2, -0.15) is 0 Å². The number of rotatable bonds is 5. The van der Waals surface area contributed by atoms with Crippen LogP contribution in [0.25, 0.3) is 0 Å². The maximum absolute atomic E-state index is 14.3. The summed E-state index contributed by atoms with van der Waals surface area (Å²) in [6, 6.07) is 16.8. The Morgan fingerprint density at radius 1 is 1.16 bits per heavy atom. The van der Waals surface area contributed by atoms with E-state index in [2.05, 4.69) is 0 Å². The standard InChI is InChI=1S/C20H23F2NO2/c1-25-18-9-5-8-16(10-18)19-17(13-24)11-20(21,22)14-23(19)12-15-6-3-2-4-7-15/h2-10,17,19,24H,11-14H2,1H3/t17-,19-/m1/s1. The minimum Gasteiger partial charge on any atom is -0.497 e. The number of aliphatic hydroxyl groups excluding tert-OH is 1. The van der Waals surface area contributed by atoms with Crippen LogP contribution in [0.3, 0.4) is 0 Å². The van der Waals surface area contributed by atoms with Crippen molar-refractivity contribution in [1.82, 2.24) is 4.90 Å². The number of methoxy groups -OCH3 is 1. The molecule has 3 rings (SSSR count). The van der Waals surface area contributed by atoms with E-state index in [0.717, 1.165) is 11.1 Å². The molecule has 2 atom stereocenters. The molecular formula is C20H23F2NO2. The smallest absolute Gasteiger partial charge is 0.261 e. The lowest BCUT2D eigenvalue weighted by atomic mass is 9.83. The zero-order chi connectivity index (χ0) is 17.9. The van der Waals surface area contributed by atoms with E-state index in [9.17, 15) is 13.9 Å². The summed E-state index contributed by atoms with van der Waals surface area (Å²) in [5, 5.41) is 9.77. The number of likely N-dealkylation sites (tertiary alicyclic amines) is 1. The number of piperidine rings is 1. The number of nitrogens with zero attached hydrogens (tertiary/aromatic N) is 1.